The predicted octanol–water partition coefficient (Wildman–Crippen LogP) is 2.23. The van der Waals surface area contributed by atoms with E-state index in [4.69, 9.17) is 5.11 Å². The second-order valence-corrected chi connectivity index (χ2v) is 4.58. The third-order valence-corrected chi connectivity index (χ3v) is 2.92. The Morgan fingerprint density at radius 3 is 2.17 bits per heavy atom. The molecule has 3 nitrogen and oxygen atoms in total. The molecule has 1 unspecified atom stereocenters. The Kier molecular flexibility index (Phi) is 4.78. The second kappa shape index (κ2) is 5.91. The van der Waals surface area contributed by atoms with Gasteiger partial charge in [0.25, 0.3) is 5.91 Å². The molecule has 0 aromatic heterocycles. The summed E-state index contributed by atoms with van der Waals surface area (Å²) in [6.07, 6.45) is 0. The van der Waals surface area contributed by atoms with Crippen molar-refractivity contribution in [1.82, 2.24) is 5.32 Å². The minimum absolute atomic E-state index is 0.0882. The first kappa shape index (κ1) is 14.6. The van der Waals surface area contributed by atoms with E-state index in [2.05, 4.69) is 5.32 Å². The van der Waals surface area contributed by atoms with Crippen molar-refractivity contribution in [2.24, 2.45) is 5.92 Å². The zero-order valence-corrected chi connectivity index (χ0v) is 10.6. The molecule has 0 aliphatic rings. The van der Waals surface area contributed by atoms with Crippen LogP contribution in [-0.2, 0) is 6.61 Å². The summed E-state index contributed by atoms with van der Waals surface area (Å²) in [5, 5.41) is 11.4. The standard InChI is InChI=1S/C13H17F2NO2/c1-7(2)8(3)16-13(18)9-4-11(14)10(6-17)12(15)5-9/h4-5,7-8,17H,6H2,1-3H3,(H,16,18). The highest BCUT2D eigenvalue weighted by molar-refractivity contribution is 5.94. The molecular weight excluding hydrogens is 240 g/mol. The van der Waals surface area contributed by atoms with Gasteiger partial charge in [-0.05, 0) is 25.0 Å². The van der Waals surface area contributed by atoms with Crippen molar-refractivity contribution >= 4 is 5.91 Å². The van der Waals surface area contributed by atoms with E-state index in [-0.39, 0.29) is 17.5 Å². The van der Waals surface area contributed by atoms with Gasteiger partial charge >= 0.3 is 0 Å². The molecule has 0 radical (unpaired) electrons. The Morgan fingerprint density at radius 2 is 1.78 bits per heavy atom. The Morgan fingerprint density at radius 1 is 1.28 bits per heavy atom. The molecule has 0 aliphatic carbocycles. The van der Waals surface area contributed by atoms with Crippen LogP contribution in [0.15, 0.2) is 12.1 Å². The molecule has 1 amide bonds. The van der Waals surface area contributed by atoms with Crippen molar-refractivity contribution < 1.29 is 18.7 Å². The van der Waals surface area contributed by atoms with Gasteiger partial charge in [0.05, 0.1) is 6.61 Å². The maximum atomic E-state index is 13.4. The molecule has 0 aliphatic heterocycles. The van der Waals surface area contributed by atoms with E-state index in [1.807, 2.05) is 20.8 Å². The lowest BCUT2D eigenvalue weighted by Crippen LogP contribution is -2.36. The van der Waals surface area contributed by atoms with Gasteiger partial charge in [-0.1, -0.05) is 13.8 Å². The zero-order valence-electron chi connectivity index (χ0n) is 10.6. The lowest BCUT2D eigenvalue weighted by Gasteiger charge is -2.17. The molecule has 0 spiro atoms. The van der Waals surface area contributed by atoms with E-state index in [1.54, 1.807) is 0 Å². The van der Waals surface area contributed by atoms with E-state index in [0.29, 0.717) is 0 Å². The maximum absolute atomic E-state index is 13.4. The number of carbonyl (C=O) groups excluding carboxylic acids is 1. The van der Waals surface area contributed by atoms with Crippen LogP contribution in [-0.4, -0.2) is 17.1 Å². The largest absolute Gasteiger partial charge is 0.391 e. The van der Waals surface area contributed by atoms with E-state index >= 15 is 0 Å². The first-order valence-electron chi connectivity index (χ1n) is 5.76. The number of nitrogens with one attached hydrogen (secondary N) is 1. The monoisotopic (exact) mass is 257 g/mol. The summed E-state index contributed by atoms with van der Waals surface area (Å²) in [6, 6.07) is 1.76. The number of hydrogen-bond acceptors (Lipinski definition) is 2. The van der Waals surface area contributed by atoms with Crippen LogP contribution in [0.3, 0.4) is 0 Å². The number of carbonyl (C=O) groups is 1. The van der Waals surface area contributed by atoms with Crippen molar-refractivity contribution in [2.75, 3.05) is 0 Å². The Bertz CT molecular complexity index is 424. The zero-order chi connectivity index (χ0) is 13.9. The topological polar surface area (TPSA) is 49.3 Å². The number of amides is 1. The van der Waals surface area contributed by atoms with Gasteiger partial charge in [-0.15, -0.1) is 0 Å². The lowest BCUT2D eigenvalue weighted by molar-refractivity contribution is 0.0929. The van der Waals surface area contributed by atoms with Crippen LogP contribution in [0.4, 0.5) is 8.78 Å². The van der Waals surface area contributed by atoms with Gasteiger partial charge in [0.15, 0.2) is 0 Å². The van der Waals surface area contributed by atoms with Gasteiger partial charge in [-0.25, -0.2) is 8.78 Å². The molecule has 1 rings (SSSR count). The summed E-state index contributed by atoms with van der Waals surface area (Å²) in [6.45, 7) is 4.95. The number of aliphatic hydroxyl groups is 1. The molecule has 1 aromatic rings. The molecule has 18 heavy (non-hydrogen) atoms. The predicted molar refractivity (Wildman–Crippen MR) is 64.0 cm³/mol. The second-order valence-electron chi connectivity index (χ2n) is 4.58. The molecule has 1 aromatic carbocycles. The summed E-state index contributed by atoms with van der Waals surface area (Å²) >= 11 is 0. The SMILES string of the molecule is CC(C)C(C)NC(=O)c1cc(F)c(CO)c(F)c1. The summed E-state index contributed by atoms with van der Waals surface area (Å²) in [5.74, 6) is -2.14. The van der Waals surface area contributed by atoms with Gasteiger partial charge in [-0.3, -0.25) is 4.79 Å². The fourth-order valence-corrected chi connectivity index (χ4v) is 1.34. The minimum Gasteiger partial charge on any atom is -0.391 e. The normalized spacial score (nSPS) is 12.6. The summed E-state index contributed by atoms with van der Waals surface area (Å²) in [5.41, 5.74) is -0.516. The van der Waals surface area contributed by atoms with Gasteiger partial charge in [0.2, 0.25) is 0 Å². The highest BCUT2D eigenvalue weighted by Gasteiger charge is 2.17. The lowest BCUT2D eigenvalue weighted by atomic mass is 10.1. The average molecular weight is 257 g/mol. The Balaban J connectivity index is 2.94. The van der Waals surface area contributed by atoms with Crippen LogP contribution in [0.5, 0.6) is 0 Å². The highest BCUT2D eigenvalue weighted by atomic mass is 19.1. The van der Waals surface area contributed by atoms with Crippen molar-refractivity contribution in [3.05, 3.63) is 34.9 Å². The quantitative estimate of drug-likeness (QED) is 0.869. The first-order valence-corrected chi connectivity index (χ1v) is 5.76. The molecular formula is C13H17F2NO2. The molecule has 5 heteroatoms. The smallest absolute Gasteiger partial charge is 0.251 e. The van der Waals surface area contributed by atoms with E-state index in [0.717, 1.165) is 12.1 Å². The number of halogens is 2. The maximum Gasteiger partial charge on any atom is 0.251 e. The molecule has 0 saturated carbocycles. The molecule has 100 valence electrons. The van der Waals surface area contributed by atoms with Crippen LogP contribution >= 0.6 is 0 Å². The first-order chi connectivity index (χ1) is 8.36. The Labute approximate surface area is 105 Å². The van der Waals surface area contributed by atoms with Crippen LogP contribution in [0, 0.1) is 17.6 Å². The summed E-state index contributed by atoms with van der Waals surface area (Å²) in [7, 11) is 0. The number of benzene rings is 1. The molecule has 0 heterocycles. The van der Waals surface area contributed by atoms with Crippen molar-refractivity contribution in [3.8, 4) is 0 Å². The van der Waals surface area contributed by atoms with E-state index in [1.165, 1.54) is 0 Å². The molecule has 0 fully saturated rings. The molecule has 1 atom stereocenters. The van der Waals surface area contributed by atoms with Gasteiger partial charge in [0.1, 0.15) is 11.6 Å². The van der Waals surface area contributed by atoms with E-state index < -0.39 is 29.7 Å². The van der Waals surface area contributed by atoms with Gasteiger partial charge < -0.3 is 10.4 Å². The molecule has 2 N–H and O–H groups in total. The number of rotatable bonds is 4. The average Bonchev–Trinajstić information content (AvgIpc) is 2.28. The van der Waals surface area contributed by atoms with Crippen LogP contribution in [0.25, 0.3) is 0 Å². The van der Waals surface area contributed by atoms with Crippen LogP contribution < -0.4 is 5.32 Å². The van der Waals surface area contributed by atoms with Crippen molar-refractivity contribution in [3.63, 3.8) is 0 Å². The third-order valence-electron chi connectivity index (χ3n) is 2.92. The fraction of sp³-hybridized carbons (Fsp3) is 0.462. The van der Waals surface area contributed by atoms with Crippen LogP contribution in [0.2, 0.25) is 0 Å². The molecule has 0 saturated heterocycles. The fourth-order valence-electron chi connectivity index (χ4n) is 1.34. The Hall–Kier alpha value is -1.49. The number of hydrogen-bond donors (Lipinski definition) is 2. The molecule has 0 bridgehead atoms. The minimum atomic E-state index is -0.917. The summed E-state index contributed by atoms with van der Waals surface area (Å²) < 4.78 is 26.8. The third kappa shape index (κ3) is 3.26. The van der Waals surface area contributed by atoms with Gasteiger partial charge in [-0.2, -0.15) is 0 Å². The van der Waals surface area contributed by atoms with Gasteiger partial charge in [0, 0.05) is 17.2 Å². The highest BCUT2D eigenvalue weighted by Crippen LogP contribution is 2.16. The van der Waals surface area contributed by atoms with Crippen molar-refractivity contribution in [2.45, 2.75) is 33.4 Å². The van der Waals surface area contributed by atoms with E-state index in [9.17, 15) is 13.6 Å². The number of aliphatic hydroxyl groups excluding tert-OH is 1. The van der Waals surface area contributed by atoms with Crippen LogP contribution in [0.1, 0.15) is 36.7 Å². The van der Waals surface area contributed by atoms with Crippen molar-refractivity contribution in [1.29, 1.82) is 0 Å². The summed E-state index contributed by atoms with van der Waals surface area (Å²) in [4.78, 5) is 11.8.